The van der Waals surface area contributed by atoms with Crippen molar-refractivity contribution >= 4 is 5.97 Å². The molecule has 3 nitrogen and oxygen atoms in total. The second-order valence-electron chi connectivity index (χ2n) is 5.04. The van der Waals surface area contributed by atoms with Crippen molar-refractivity contribution in [1.29, 1.82) is 0 Å². The maximum absolute atomic E-state index is 12.7. The lowest BCUT2D eigenvalue weighted by molar-refractivity contribution is -0.152. The zero-order chi connectivity index (χ0) is 15.4. The van der Waals surface area contributed by atoms with Gasteiger partial charge in [-0.3, -0.25) is 10.1 Å². The number of hydrogen-bond donors (Lipinski definition) is 1. The molecule has 1 aromatic rings. The molecule has 0 aliphatic rings. The van der Waals surface area contributed by atoms with Crippen LogP contribution in [0.4, 0.5) is 13.2 Å². The van der Waals surface area contributed by atoms with Gasteiger partial charge >= 0.3 is 12.1 Å². The van der Waals surface area contributed by atoms with Gasteiger partial charge in [0.05, 0.1) is 13.5 Å². The fraction of sp³-hybridized carbons (Fsp3) is 0.500. The lowest BCUT2D eigenvalue weighted by Gasteiger charge is -2.30. The van der Waals surface area contributed by atoms with Crippen LogP contribution in [0.5, 0.6) is 0 Å². The standard InChI is InChI=1S/C14H18F3NO2/c1-13(2,12(19)20-3)18-11(9-14(15,16)17)10-7-5-4-6-8-10/h4-8,11,18H,9H2,1-3H3. The SMILES string of the molecule is COC(=O)C(C)(C)NC(CC(F)(F)F)c1ccccc1. The molecule has 20 heavy (non-hydrogen) atoms. The number of nitrogens with one attached hydrogen (secondary N) is 1. The summed E-state index contributed by atoms with van der Waals surface area (Å²) in [6, 6.07) is 7.22. The van der Waals surface area contributed by atoms with Crippen molar-refractivity contribution in [2.75, 3.05) is 7.11 Å². The van der Waals surface area contributed by atoms with E-state index in [9.17, 15) is 18.0 Å². The van der Waals surface area contributed by atoms with Gasteiger partial charge in [0.2, 0.25) is 0 Å². The summed E-state index contributed by atoms with van der Waals surface area (Å²) in [6.45, 7) is 2.98. The number of carbonyl (C=O) groups excluding carboxylic acids is 1. The minimum Gasteiger partial charge on any atom is -0.468 e. The van der Waals surface area contributed by atoms with Crippen LogP contribution in [0.3, 0.4) is 0 Å². The summed E-state index contributed by atoms with van der Waals surface area (Å²) in [4.78, 5) is 11.6. The number of ether oxygens (including phenoxy) is 1. The number of rotatable bonds is 5. The number of esters is 1. The van der Waals surface area contributed by atoms with Crippen LogP contribution in [0.25, 0.3) is 0 Å². The average Bonchev–Trinajstić information content (AvgIpc) is 2.36. The Morgan fingerprint density at radius 3 is 2.25 bits per heavy atom. The van der Waals surface area contributed by atoms with Crippen molar-refractivity contribution in [1.82, 2.24) is 5.32 Å². The second-order valence-corrected chi connectivity index (χ2v) is 5.04. The van der Waals surface area contributed by atoms with Gasteiger partial charge in [-0.2, -0.15) is 13.2 Å². The number of hydrogen-bond acceptors (Lipinski definition) is 3. The molecule has 0 saturated carbocycles. The molecule has 0 aromatic heterocycles. The van der Waals surface area contributed by atoms with Crippen molar-refractivity contribution in [2.45, 2.75) is 38.0 Å². The van der Waals surface area contributed by atoms with Crippen LogP contribution in [0, 0.1) is 0 Å². The van der Waals surface area contributed by atoms with Crippen molar-refractivity contribution < 1.29 is 22.7 Å². The van der Waals surface area contributed by atoms with E-state index < -0.39 is 30.1 Å². The Labute approximate surface area is 116 Å². The minimum absolute atomic E-state index is 0.474. The molecule has 0 heterocycles. The first-order chi connectivity index (χ1) is 9.15. The van der Waals surface area contributed by atoms with E-state index in [1.54, 1.807) is 30.3 Å². The van der Waals surface area contributed by atoms with Crippen LogP contribution >= 0.6 is 0 Å². The highest BCUT2D eigenvalue weighted by atomic mass is 19.4. The maximum Gasteiger partial charge on any atom is 0.390 e. The van der Waals surface area contributed by atoms with E-state index in [0.717, 1.165) is 0 Å². The zero-order valence-electron chi connectivity index (χ0n) is 11.6. The molecule has 0 aliphatic carbocycles. The Balaban J connectivity index is 2.98. The Bertz CT molecular complexity index is 443. The van der Waals surface area contributed by atoms with Gasteiger partial charge in [-0.1, -0.05) is 30.3 Å². The molecule has 0 bridgehead atoms. The molecular weight excluding hydrogens is 271 g/mol. The zero-order valence-corrected chi connectivity index (χ0v) is 11.6. The molecule has 0 radical (unpaired) electrons. The molecule has 0 spiro atoms. The molecular formula is C14H18F3NO2. The molecule has 1 N–H and O–H groups in total. The quantitative estimate of drug-likeness (QED) is 0.846. The van der Waals surface area contributed by atoms with Gasteiger partial charge in [0, 0.05) is 6.04 Å². The topological polar surface area (TPSA) is 38.3 Å². The van der Waals surface area contributed by atoms with Crippen LogP contribution in [-0.2, 0) is 9.53 Å². The normalized spacial score (nSPS) is 13.9. The van der Waals surface area contributed by atoms with Crippen molar-refractivity contribution in [3.05, 3.63) is 35.9 Å². The fourth-order valence-corrected chi connectivity index (χ4v) is 1.92. The Hall–Kier alpha value is -1.56. The first-order valence-electron chi connectivity index (χ1n) is 6.13. The maximum atomic E-state index is 12.7. The van der Waals surface area contributed by atoms with Crippen LogP contribution in [0.15, 0.2) is 30.3 Å². The largest absolute Gasteiger partial charge is 0.468 e. The van der Waals surface area contributed by atoms with Crippen LogP contribution in [0.1, 0.15) is 31.9 Å². The fourth-order valence-electron chi connectivity index (χ4n) is 1.92. The van der Waals surface area contributed by atoms with E-state index in [0.29, 0.717) is 5.56 Å². The van der Waals surface area contributed by atoms with Crippen molar-refractivity contribution in [3.63, 3.8) is 0 Å². The number of methoxy groups -OCH3 is 1. The third-order valence-corrected chi connectivity index (χ3v) is 2.87. The number of carbonyl (C=O) groups is 1. The number of alkyl halides is 3. The Kier molecular flexibility index (Phi) is 5.16. The smallest absolute Gasteiger partial charge is 0.390 e. The monoisotopic (exact) mass is 289 g/mol. The summed E-state index contributed by atoms with van der Waals surface area (Å²) in [5.74, 6) is -0.611. The van der Waals surface area contributed by atoms with E-state index >= 15 is 0 Å². The predicted molar refractivity (Wildman–Crippen MR) is 69.1 cm³/mol. The summed E-state index contributed by atoms with van der Waals surface area (Å²) in [5.41, 5.74) is -0.734. The molecule has 1 atom stereocenters. The molecule has 112 valence electrons. The Morgan fingerprint density at radius 2 is 1.80 bits per heavy atom. The van der Waals surface area contributed by atoms with Gasteiger partial charge in [-0.15, -0.1) is 0 Å². The third kappa shape index (κ3) is 4.85. The van der Waals surface area contributed by atoms with Gasteiger partial charge in [0.15, 0.2) is 0 Å². The van der Waals surface area contributed by atoms with Gasteiger partial charge in [-0.25, -0.2) is 0 Å². The van der Waals surface area contributed by atoms with Gasteiger partial charge < -0.3 is 4.74 Å². The minimum atomic E-state index is -4.33. The summed E-state index contributed by atoms with van der Waals surface area (Å²) >= 11 is 0. The molecule has 0 saturated heterocycles. The van der Waals surface area contributed by atoms with Crippen molar-refractivity contribution in [2.24, 2.45) is 0 Å². The lowest BCUT2D eigenvalue weighted by Crippen LogP contribution is -2.49. The van der Waals surface area contributed by atoms with Crippen molar-refractivity contribution in [3.8, 4) is 0 Å². The molecule has 6 heteroatoms. The van der Waals surface area contributed by atoms with Crippen LogP contribution in [0.2, 0.25) is 0 Å². The number of halogens is 3. The average molecular weight is 289 g/mol. The molecule has 1 aromatic carbocycles. The predicted octanol–water partition coefficient (Wildman–Crippen LogP) is 3.22. The Morgan fingerprint density at radius 1 is 1.25 bits per heavy atom. The summed E-state index contributed by atoms with van der Waals surface area (Å²) in [7, 11) is 1.20. The summed E-state index contributed by atoms with van der Waals surface area (Å²) in [6.07, 6.45) is -5.39. The molecule has 1 rings (SSSR count). The van der Waals surface area contributed by atoms with Gasteiger partial charge in [-0.05, 0) is 19.4 Å². The highest BCUT2D eigenvalue weighted by Crippen LogP contribution is 2.31. The molecule has 0 amide bonds. The molecule has 0 fully saturated rings. The van der Waals surface area contributed by atoms with Crippen LogP contribution < -0.4 is 5.32 Å². The van der Waals surface area contributed by atoms with E-state index in [4.69, 9.17) is 0 Å². The summed E-state index contributed by atoms with van der Waals surface area (Å²) in [5, 5.41) is 2.72. The van der Waals surface area contributed by atoms with E-state index in [-0.39, 0.29) is 0 Å². The van der Waals surface area contributed by atoms with Gasteiger partial charge in [0.25, 0.3) is 0 Å². The van der Waals surface area contributed by atoms with E-state index in [1.165, 1.54) is 21.0 Å². The highest BCUT2D eigenvalue weighted by Gasteiger charge is 2.37. The first-order valence-corrected chi connectivity index (χ1v) is 6.13. The summed E-state index contributed by atoms with van der Waals surface area (Å²) < 4.78 is 42.7. The van der Waals surface area contributed by atoms with E-state index in [1.807, 2.05) is 0 Å². The lowest BCUT2D eigenvalue weighted by atomic mass is 9.98. The molecule has 0 aliphatic heterocycles. The highest BCUT2D eigenvalue weighted by molar-refractivity contribution is 5.79. The van der Waals surface area contributed by atoms with Gasteiger partial charge in [0.1, 0.15) is 5.54 Å². The number of benzene rings is 1. The third-order valence-electron chi connectivity index (χ3n) is 2.87. The first kappa shape index (κ1) is 16.5. The second kappa shape index (κ2) is 6.26. The van der Waals surface area contributed by atoms with Crippen LogP contribution in [-0.4, -0.2) is 24.8 Å². The van der Waals surface area contributed by atoms with E-state index in [2.05, 4.69) is 10.1 Å². The molecule has 1 unspecified atom stereocenters.